The fourth-order valence-corrected chi connectivity index (χ4v) is 5.00. The van der Waals surface area contributed by atoms with Gasteiger partial charge in [-0.15, -0.1) is 0 Å². The lowest BCUT2D eigenvalue weighted by Crippen LogP contribution is -2.53. The molecule has 0 spiro atoms. The Bertz CT molecular complexity index is 1130. The minimum Gasteiger partial charge on any atom is -0.484 e. The van der Waals surface area contributed by atoms with Crippen molar-refractivity contribution in [3.63, 3.8) is 0 Å². The van der Waals surface area contributed by atoms with E-state index in [2.05, 4.69) is 37.2 Å². The second-order valence-electron chi connectivity index (χ2n) is 9.09. The third-order valence-corrected chi connectivity index (χ3v) is 7.47. The van der Waals surface area contributed by atoms with Gasteiger partial charge in [0.25, 0.3) is 5.91 Å². The molecule has 1 atom stereocenters. The summed E-state index contributed by atoms with van der Waals surface area (Å²) in [6.45, 7) is 0.158. The van der Waals surface area contributed by atoms with E-state index in [1.807, 2.05) is 78.9 Å². The third kappa shape index (κ3) is 7.68. The standard InChI is InChI=1S/C29H30Br2N2O3/c30-23-12-10-22(11-13-23)19-33(28(34)20-36-26-16-14-24(31)15-17-26)27(18-21-6-2-1-3-7-21)29(35)32-25-8-4-5-9-25/h1-3,6-7,10-17,25,27H,4-5,8-9,18-20H2,(H,32,35)/t27-/m1/s1. The molecule has 0 unspecified atom stereocenters. The summed E-state index contributed by atoms with van der Waals surface area (Å²) in [5.41, 5.74) is 1.95. The molecule has 3 aromatic carbocycles. The predicted molar refractivity (Wildman–Crippen MR) is 149 cm³/mol. The van der Waals surface area contributed by atoms with E-state index in [9.17, 15) is 9.59 Å². The lowest BCUT2D eigenvalue weighted by atomic mass is 10.0. The van der Waals surface area contributed by atoms with Crippen LogP contribution in [0.2, 0.25) is 0 Å². The van der Waals surface area contributed by atoms with Gasteiger partial charge in [0.2, 0.25) is 5.91 Å². The molecule has 188 valence electrons. The number of hydrogen-bond acceptors (Lipinski definition) is 3. The van der Waals surface area contributed by atoms with Crippen LogP contribution in [0.5, 0.6) is 5.75 Å². The normalized spacial score (nSPS) is 14.3. The van der Waals surface area contributed by atoms with Crippen LogP contribution >= 0.6 is 31.9 Å². The fraction of sp³-hybridized carbons (Fsp3) is 0.310. The summed E-state index contributed by atoms with van der Waals surface area (Å²) >= 11 is 6.89. The first kappa shape index (κ1) is 26.4. The second kappa shape index (κ2) is 13.1. The summed E-state index contributed by atoms with van der Waals surface area (Å²) in [6.07, 6.45) is 4.64. The first-order valence-corrected chi connectivity index (χ1v) is 13.8. The van der Waals surface area contributed by atoms with Gasteiger partial charge in [0.15, 0.2) is 6.61 Å². The van der Waals surface area contributed by atoms with Crippen molar-refractivity contribution >= 4 is 43.7 Å². The Labute approximate surface area is 229 Å². The van der Waals surface area contributed by atoms with Gasteiger partial charge in [-0.05, 0) is 60.4 Å². The van der Waals surface area contributed by atoms with Gasteiger partial charge in [0, 0.05) is 28.0 Å². The van der Waals surface area contributed by atoms with Crippen LogP contribution in [-0.2, 0) is 22.6 Å². The van der Waals surface area contributed by atoms with Crippen molar-refractivity contribution in [3.8, 4) is 5.75 Å². The minimum absolute atomic E-state index is 0.111. The zero-order valence-corrected chi connectivity index (χ0v) is 23.2. The quantitative estimate of drug-likeness (QED) is 0.292. The molecule has 1 aliphatic rings. The summed E-state index contributed by atoms with van der Waals surface area (Å²) in [5, 5.41) is 3.22. The van der Waals surface area contributed by atoms with Crippen LogP contribution in [0.1, 0.15) is 36.8 Å². The Kier molecular flexibility index (Phi) is 9.59. The van der Waals surface area contributed by atoms with E-state index in [0.717, 1.165) is 45.8 Å². The van der Waals surface area contributed by atoms with Crippen molar-refractivity contribution < 1.29 is 14.3 Å². The van der Waals surface area contributed by atoms with Crippen LogP contribution in [0.3, 0.4) is 0 Å². The minimum atomic E-state index is -0.655. The highest BCUT2D eigenvalue weighted by molar-refractivity contribution is 9.10. The molecule has 0 aromatic heterocycles. The zero-order valence-electron chi connectivity index (χ0n) is 20.0. The maximum Gasteiger partial charge on any atom is 0.261 e. The topological polar surface area (TPSA) is 58.6 Å². The molecule has 0 radical (unpaired) electrons. The summed E-state index contributed by atoms with van der Waals surface area (Å²) in [4.78, 5) is 28.9. The number of nitrogens with one attached hydrogen (secondary N) is 1. The van der Waals surface area contributed by atoms with Crippen LogP contribution < -0.4 is 10.1 Å². The number of ether oxygens (including phenoxy) is 1. The molecule has 1 aliphatic carbocycles. The number of carbonyl (C=O) groups excluding carboxylic acids is 2. The Morgan fingerprint density at radius 2 is 1.47 bits per heavy atom. The van der Waals surface area contributed by atoms with Crippen LogP contribution in [0.4, 0.5) is 0 Å². The molecule has 1 saturated carbocycles. The van der Waals surface area contributed by atoms with E-state index >= 15 is 0 Å². The molecule has 4 rings (SSSR count). The Morgan fingerprint density at radius 1 is 0.861 bits per heavy atom. The van der Waals surface area contributed by atoms with Crippen LogP contribution in [-0.4, -0.2) is 35.4 Å². The van der Waals surface area contributed by atoms with E-state index in [1.165, 1.54) is 0 Å². The molecular formula is C29H30Br2N2O3. The van der Waals surface area contributed by atoms with Gasteiger partial charge in [-0.3, -0.25) is 9.59 Å². The van der Waals surface area contributed by atoms with Gasteiger partial charge < -0.3 is 15.0 Å². The van der Waals surface area contributed by atoms with Crippen molar-refractivity contribution in [2.24, 2.45) is 0 Å². The van der Waals surface area contributed by atoms with Crippen molar-refractivity contribution in [2.75, 3.05) is 6.61 Å². The van der Waals surface area contributed by atoms with Crippen molar-refractivity contribution in [3.05, 3.63) is 98.9 Å². The molecule has 0 saturated heterocycles. The molecule has 0 heterocycles. The van der Waals surface area contributed by atoms with E-state index in [-0.39, 0.29) is 24.5 Å². The summed E-state index contributed by atoms with van der Waals surface area (Å²) in [5.74, 6) is 0.258. The number of rotatable bonds is 10. The third-order valence-electron chi connectivity index (χ3n) is 6.41. The molecule has 36 heavy (non-hydrogen) atoms. The van der Waals surface area contributed by atoms with Gasteiger partial charge in [-0.2, -0.15) is 0 Å². The number of nitrogens with zero attached hydrogens (tertiary/aromatic N) is 1. The van der Waals surface area contributed by atoms with Gasteiger partial charge in [0.1, 0.15) is 11.8 Å². The van der Waals surface area contributed by atoms with Gasteiger partial charge in [-0.25, -0.2) is 0 Å². The number of benzene rings is 3. The van der Waals surface area contributed by atoms with E-state index < -0.39 is 6.04 Å². The summed E-state index contributed by atoms with van der Waals surface area (Å²) in [7, 11) is 0. The lowest BCUT2D eigenvalue weighted by molar-refractivity contribution is -0.143. The van der Waals surface area contributed by atoms with E-state index in [0.29, 0.717) is 18.7 Å². The molecule has 1 fully saturated rings. The molecule has 0 aliphatic heterocycles. The highest BCUT2D eigenvalue weighted by Gasteiger charge is 2.32. The van der Waals surface area contributed by atoms with Gasteiger partial charge in [-0.1, -0.05) is 87.2 Å². The average molecular weight is 614 g/mol. The average Bonchev–Trinajstić information content (AvgIpc) is 3.40. The second-order valence-corrected chi connectivity index (χ2v) is 10.9. The summed E-state index contributed by atoms with van der Waals surface area (Å²) in [6, 6.07) is 24.6. The summed E-state index contributed by atoms with van der Waals surface area (Å²) < 4.78 is 7.72. The first-order valence-electron chi connectivity index (χ1n) is 12.2. The monoisotopic (exact) mass is 612 g/mol. The van der Waals surface area contributed by atoms with E-state index in [4.69, 9.17) is 4.74 Å². The van der Waals surface area contributed by atoms with E-state index in [1.54, 1.807) is 4.90 Å². The Morgan fingerprint density at radius 3 is 2.11 bits per heavy atom. The molecule has 0 bridgehead atoms. The van der Waals surface area contributed by atoms with Gasteiger partial charge >= 0.3 is 0 Å². The maximum absolute atomic E-state index is 13.6. The van der Waals surface area contributed by atoms with Crippen molar-refractivity contribution in [2.45, 2.75) is 50.7 Å². The zero-order chi connectivity index (χ0) is 25.3. The van der Waals surface area contributed by atoms with Crippen molar-refractivity contribution in [1.29, 1.82) is 0 Å². The fourth-order valence-electron chi connectivity index (χ4n) is 4.47. The Balaban J connectivity index is 1.59. The molecule has 5 nitrogen and oxygen atoms in total. The largest absolute Gasteiger partial charge is 0.484 e. The smallest absolute Gasteiger partial charge is 0.261 e. The number of hydrogen-bond donors (Lipinski definition) is 1. The molecule has 7 heteroatoms. The highest BCUT2D eigenvalue weighted by atomic mass is 79.9. The highest BCUT2D eigenvalue weighted by Crippen LogP contribution is 2.21. The van der Waals surface area contributed by atoms with Crippen molar-refractivity contribution in [1.82, 2.24) is 10.2 Å². The predicted octanol–water partition coefficient (Wildman–Crippen LogP) is 6.29. The van der Waals surface area contributed by atoms with Crippen LogP contribution in [0.15, 0.2) is 87.8 Å². The van der Waals surface area contributed by atoms with Gasteiger partial charge in [0.05, 0.1) is 0 Å². The van der Waals surface area contributed by atoms with Crippen LogP contribution in [0.25, 0.3) is 0 Å². The number of amides is 2. The molecule has 1 N–H and O–H groups in total. The maximum atomic E-state index is 13.6. The molecular weight excluding hydrogens is 584 g/mol. The first-order chi connectivity index (χ1) is 17.5. The number of halogens is 2. The Hall–Kier alpha value is -2.64. The molecule has 2 amide bonds. The van der Waals surface area contributed by atoms with Crippen LogP contribution in [0, 0.1) is 0 Å². The molecule has 3 aromatic rings. The number of carbonyl (C=O) groups is 2. The SMILES string of the molecule is O=C(NC1CCCC1)[C@@H](Cc1ccccc1)N(Cc1ccc(Br)cc1)C(=O)COc1ccc(Br)cc1. The lowest BCUT2D eigenvalue weighted by Gasteiger charge is -2.32.